The Morgan fingerprint density at radius 2 is 1.70 bits per heavy atom. The number of thioether (sulfide) groups is 1. The van der Waals surface area contributed by atoms with E-state index in [1.807, 2.05) is 18.2 Å². The van der Waals surface area contributed by atoms with E-state index in [1.54, 1.807) is 30.3 Å². The molecule has 30 heavy (non-hydrogen) atoms. The molecule has 1 N–H and O–H groups in total. The summed E-state index contributed by atoms with van der Waals surface area (Å²) in [5.74, 6) is -0.439. The van der Waals surface area contributed by atoms with E-state index in [-0.39, 0.29) is 24.1 Å². The fourth-order valence-corrected chi connectivity index (χ4v) is 3.59. The number of carbonyl (C=O) groups is 1. The van der Waals surface area contributed by atoms with Gasteiger partial charge >= 0.3 is 0 Å². The number of para-hydroxylation sites is 1. The molecule has 1 aliphatic heterocycles. The van der Waals surface area contributed by atoms with E-state index in [0.717, 1.165) is 0 Å². The Morgan fingerprint density at radius 3 is 2.50 bits per heavy atom. The molecule has 4 rings (SSSR count). The van der Waals surface area contributed by atoms with Crippen molar-refractivity contribution in [2.75, 3.05) is 0 Å². The number of hydrogen-bond donors (Lipinski definition) is 1. The number of carbonyl (C=O) groups excluding carboxylic acids is 1. The minimum absolute atomic E-state index is 0.0729. The van der Waals surface area contributed by atoms with Crippen molar-refractivity contribution in [2.24, 2.45) is 4.99 Å². The summed E-state index contributed by atoms with van der Waals surface area (Å²) < 4.78 is 32.7. The smallest absolute Gasteiger partial charge is 0.264 e. The molecule has 0 bridgehead atoms. The van der Waals surface area contributed by atoms with Crippen molar-refractivity contribution in [1.82, 2.24) is 5.32 Å². The lowest BCUT2D eigenvalue weighted by Gasteiger charge is -2.10. The molecule has 3 aromatic carbocycles. The lowest BCUT2D eigenvalue weighted by Crippen LogP contribution is -2.19. The average molecular weight is 422 g/mol. The lowest BCUT2D eigenvalue weighted by atomic mass is 10.1. The van der Waals surface area contributed by atoms with Gasteiger partial charge in [0.1, 0.15) is 24.0 Å². The summed E-state index contributed by atoms with van der Waals surface area (Å²) in [5, 5.41) is 3.10. The van der Waals surface area contributed by atoms with Crippen molar-refractivity contribution in [3.05, 3.63) is 100 Å². The van der Waals surface area contributed by atoms with Crippen LogP contribution in [-0.2, 0) is 11.4 Å². The third-order valence-corrected chi connectivity index (χ3v) is 5.16. The summed E-state index contributed by atoms with van der Waals surface area (Å²) in [6.07, 6.45) is 1.70. The van der Waals surface area contributed by atoms with E-state index in [2.05, 4.69) is 10.3 Å². The van der Waals surface area contributed by atoms with Crippen LogP contribution >= 0.6 is 11.8 Å². The number of nitrogens with one attached hydrogen (secondary N) is 1. The summed E-state index contributed by atoms with van der Waals surface area (Å²) in [5.41, 5.74) is 1.67. The molecule has 0 atom stereocenters. The van der Waals surface area contributed by atoms with E-state index in [0.29, 0.717) is 32.6 Å². The Morgan fingerprint density at radius 1 is 0.967 bits per heavy atom. The molecule has 0 aromatic heterocycles. The highest BCUT2D eigenvalue weighted by molar-refractivity contribution is 8.18. The monoisotopic (exact) mass is 422 g/mol. The maximum atomic E-state index is 13.8. The van der Waals surface area contributed by atoms with Crippen LogP contribution in [-0.4, -0.2) is 11.1 Å². The molecule has 3 aromatic rings. The molecule has 150 valence electrons. The molecule has 0 saturated carbocycles. The maximum Gasteiger partial charge on any atom is 0.264 e. The van der Waals surface area contributed by atoms with Gasteiger partial charge in [-0.1, -0.05) is 36.4 Å². The van der Waals surface area contributed by atoms with Gasteiger partial charge in [-0.3, -0.25) is 4.79 Å². The SMILES string of the molecule is O=C1NC(=Nc2ccc(F)cc2)S/C1=C/c1ccccc1OCc1ccccc1F. The zero-order valence-corrected chi connectivity index (χ0v) is 16.5. The third kappa shape index (κ3) is 4.75. The van der Waals surface area contributed by atoms with Gasteiger partial charge in [0.15, 0.2) is 5.17 Å². The van der Waals surface area contributed by atoms with E-state index in [9.17, 15) is 13.6 Å². The van der Waals surface area contributed by atoms with E-state index >= 15 is 0 Å². The number of amides is 1. The minimum Gasteiger partial charge on any atom is -0.488 e. The summed E-state index contributed by atoms with van der Waals surface area (Å²) in [6.45, 7) is 0.0729. The minimum atomic E-state index is -0.352. The highest BCUT2D eigenvalue weighted by Crippen LogP contribution is 2.31. The van der Waals surface area contributed by atoms with Crippen molar-refractivity contribution in [2.45, 2.75) is 6.61 Å². The van der Waals surface area contributed by atoms with Gasteiger partial charge in [-0.2, -0.15) is 0 Å². The Balaban J connectivity index is 1.52. The Bertz CT molecular complexity index is 1140. The fraction of sp³-hybridized carbons (Fsp3) is 0.0435. The first-order chi connectivity index (χ1) is 14.6. The van der Waals surface area contributed by atoms with Crippen molar-refractivity contribution in [3.63, 3.8) is 0 Å². The average Bonchev–Trinajstić information content (AvgIpc) is 3.09. The van der Waals surface area contributed by atoms with Gasteiger partial charge in [0.2, 0.25) is 0 Å². The van der Waals surface area contributed by atoms with Crippen LogP contribution in [0.2, 0.25) is 0 Å². The molecule has 0 radical (unpaired) electrons. The molecule has 1 amide bonds. The van der Waals surface area contributed by atoms with Gasteiger partial charge in [-0.15, -0.1) is 0 Å². The predicted octanol–water partition coefficient (Wildman–Crippen LogP) is 5.44. The third-order valence-electron chi connectivity index (χ3n) is 4.25. The molecule has 7 heteroatoms. The lowest BCUT2D eigenvalue weighted by molar-refractivity contribution is -0.115. The van der Waals surface area contributed by atoms with Gasteiger partial charge in [0.05, 0.1) is 10.6 Å². The summed E-state index contributed by atoms with van der Waals surface area (Å²) >= 11 is 1.18. The second-order valence-corrected chi connectivity index (χ2v) is 7.41. The number of ether oxygens (including phenoxy) is 1. The predicted molar refractivity (Wildman–Crippen MR) is 114 cm³/mol. The second kappa shape index (κ2) is 8.92. The zero-order valence-electron chi connectivity index (χ0n) is 15.6. The van der Waals surface area contributed by atoms with Crippen LogP contribution < -0.4 is 10.1 Å². The first-order valence-corrected chi connectivity index (χ1v) is 9.90. The molecule has 4 nitrogen and oxygen atoms in total. The molecule has 0 unspecified atom stereocenters. The Labute approximate surface area is 176 Å². The number of halogens is 2. The Hall–Kier alpha value is -3.45. The molecule has 0 aliphatic carbocycles. The quantitative estimate of drug-likeness (QED) is 0.558. The fourth-order valence-electron chi connectivity index (χ4n) is 2.76. The first-order valence-electron chi connectivity index (χ1n) is 9.09. The number of aliphatic imine (C=N–C) groups is 1. The largest absolute Gasteiger partial charge is 0.488 e. The first kappa shape index (κ1) is 19.8. The van der Waals surface area contributed by atoms with Gasteiger partial charge in [-0.25, -0.2) is 13.8 Å². The molecule has 1 saturated heterocycles. The molecule has 1 aliphatic rings. The van der Waals surface area contributed by atoms with Gasteiger partial charge in [0.25, 0.3) is 5.91 Å². The van der Waals surface area contributed by atoms with Crippen LogP contribution in [0.5, 0.6) is 5.75 Å². The zero-order chi connectivity index (χ0) is 20.9. The van der Waals surface area contributed by atoms with Crippen LogP contribution in [0.1, 0.15) is 11.1 Å². The maximum absolute atomic E-state index is 13.8. The van der Waals surface area contributed by atoms with Gasteiger partial charge in [0, 0.05) is 11.1 Å². The van der Waals surface area contributed by atoms with E-state index in [4.69, 9.17) is 4.74 Å². The molecule has 1 heterocycles. The topological polar surface area (TPSA) is 50.7 Å². The summed E-state index contributed by atoms with van der Waals surface area (Å²) in [4.78, 5) is 17.1. The van der Waals surface area contributed by atoms with Crippen molar-refractivity contribution < 1.29 is 18.3 Å². The number of benzene rings is 3. The standard InChI is InChI=1S/C23H16F2N2O2S/c24-17-9-11-18(12-10-17)26-23-27-22(28)21(30-23)13-15-5-2-4-8-20(15)29-14-16-6-1-3-7-19(16)25/h1-13H,14H2,(H,26,27,28)/b21-13+. The van der Waals surface area contributed by atoms with Gasteiger partial charge < -0.3 is 10.1 Å². The Kier molecular flexibility index (Phi) is 5.90. The highest BCUT2D eigenvalue weighted by atomic mass is 32.2. The normalized spacial score (nSPS) is 16.1. The second-order valence-electron chi connectivity index (χ2n) is 6.38. The number of amidine groups is 1. The highest BCUT2D eigenvalue weighted by Gasteiger charge is 2.24. The van der Waals surface area contributed by atoms with Crippen molar-refractivity contribution in [3.8, 4) is 5.75 Å². The van der Waals surface area contributed by atoms with Crippen LogP contribution in [0, 0.1) is 11.6 Å². The molecule has 1 fully saturated rings. The van der Waals surface area contributed by atoms with E-state index < -0.39 is 0 Å². The molecular weight excluding hydrogens is 406 g/mol. The number of hydrogen-bond acceptors (Lipinski definition) is 4. The molecule has 0 spiro atoms. The van der Waals surface area contributed by atoms with Crippen LogP contribution in [0.25, 0.3) is 6.08 Å². The number of nitrogens with zero attached hydrogens (tertiary/aromatic N) is 1. The van der Waals surface area contributed by atoms with Crippen LogP contribution in [0.3, 0.4) is 0 Å². The van der Waals surface area contributed by atoms with Crippen molar-refractivity contribution in [1.29, 1.82) is 0 Å². The molecular formula is C23H16F2N2O2S. The van der Waals surface area contributed by atoms with Crippen LogP contribution in [0.15, 0.2) is 82.7 Å². The van der Waals surface area contributed by atoms with Crippen LogP contribution in [0.4, 0.5) is 14.5 Å². The summed E-state index contributed by atoms with van der Waals surface area (Å²) in [6, 6.07) is 19.3. The number of rotatable bonds is 5. The summed E-state index contributed by atoms with van der Waals surface area (Å²) in [7, 11) is 0. The van der Waals surface area contributed by atoms with Gasteiger partial charge in [-0.05, 0) is 54.2 Å². The van der Waals surface area contributed by atoms with E-state index in [1.165, 1.54) is 42.1 Å². The van der Waals surface area contributed by atoms with Crippen molar-refractivity contribution >= 4 is 34.6 Å².